The predicted octanol–water partition coefficient (Wildman–Crippen LogP) is 4.70. The maximum Gasteiger partial charge on any atom is 0.416 e. The fraction of sp³-hybridized carbons (Fsp3) is 0.300. The highest BCUT2D eigenvalue weighted by molar-refractivity contribution is 5.95. The molecule has 0 atom stereocenters. The second kappa shape index (κ2) is 6.40. The van der Waals surface area contributed by atoms with Crippen LogP contribution in [0.5, 0.6) is 0 Å². The van der Waals surface area contributed by atoms with Crippen molar-refractivity contribution in [1.29, 1.82) is 0 Å². The van der Waals surface area contributed by atoms with Gasteiger partial charge in [0, 0.05) is 17.5 Å². The normalized spacial score (nSPS) is 14.5. The Bertz CT molecular complexity index is 1020. The molecule has 1 heterocycles. The molecule has 0 unspecified atom stereocenters. The lowest BCUT2D eigenvalue weighted by molar-refractivity contribution is -0.138. The van der Waals surface area contributed by atoms with Crippen molar-refractivity contribution in [3.05, 3.63) is 64.3 Å². The van der Waals surface area contributed by atoms with Crippen LogP contribution in [0.2, 0.25) is 0 Å². The molecule has 0 radical (unpaired) electrons. The number of benzene rings is 2. The van der Waals surface area contributed by atoms with Gasteiger partial charge in [0.05, 0.1) is 17.3 Å². The zero-order chi connectivity index (χ0) is 19.2. The standard InChI is InChI=1S/C20H18F3N3O/c1-11-2-3-13(8-17(11)20(21,22)23)19(27)24-9-15-14(12-4-5-12)6-7-18-16(15)10-25-26-18/h2-3,6-8,10,12H,4-5,9H2,1H3,(H,24,27)(H,25,26). The Hall–Kier alpha value is -2.83. The first-order valence-corrected chi connectivity index (χ1v) is 8.75. The molecule has 7 heteroatoms. The van der Waals surface area contributed by atoms with E-state index in [0.29, 0.717) is 5.92 Å². The number of rotatable bonds is 4. The lowest BCUT2D eigenvalue weighted by atomic mass is 9.99. The van der Waals surface area contributed by atoms with E-state index < -0.39 is 17.6 Å². The van der Waals surface area contributed by atoms with Crippen LogP contribution in [-0.2, 0) is 12.7 Å². The van der Waals surface area contributed by atoms with Gasteiger partial charge < -0.3 is 5.32 Å². The van der Waals surface area contributed by atoms with Crippen molar-refractivity contribution in [3.63, 3.8) is 0 Å². The van der Waals surface area contributed by atoms with Crippen LogP contribution in [0, 0.1) is 6.92 Å². The number of carbonyl (C=O) groups is 1. The summed E-state index contributed by atoms with van der Waals surface area (Å²) in [7, 11) is 0. The van der Waals surface area contributed by atoms with Crippen LogP contribution in [0.1, 0.15) is 51.4 Å². The smallest absolute Gasteiger partial charge is 0.348 e. The number of nitrogens with zero attached hydrogens (tertiary/aromatic N) is 1. The molecule has 0 saturated heterocycles. The largest absolute Gasteiger partial charge is 0.416 e. The quantitative estimate of drug-likeness (QED) is 0.697. The van der Waals surface area contributed by atoms with E-state index in [1.807, 2.05) is 12.1 Å². The summed E-state index contributed by atoms with van der Waals surface area (Å²) < 4.78 is 39.3. The molecule has 4 nitrogen and oxygen atoms in total. The molecule has 4 rings (SSSR count). The molecule has 2 N–H and O–H groups in total. The summed E-state index contributed by atoms with van der Waals surface area (Å²) in [5, 5.41) is 10.7. The van der Waals surface area contributed by atoms with E-state index >= 15 is 0 Å². The molecule has 2 aromatic carbocycles. The summed E-state index contributed by atoms with van der Waals surface area (Å²) in [5.74, 6) is -0.0462. The van der Waals surface area contributed by atoms with Crippen LogP contribution in [0.25, 0.3) is 10.9 Å². The lowest BCUT2D eigenvalue weighted by Gasteiger charge is -2.14. The minimum Gasteiger partial charge on any atom is -0.348 e. The van der Waals surface area contributed by atoms with Gasteiger partial charge in [0.1, 0.15) is 0 Å². The average molecular weight is 373 g/mol. The third-order valence-electron chi connectivity index (χ3n) is 5.02. The van der Waals surface area contributed by atoms with Gasteiger partial charge in [-0.3, -0.25) is 9.89 Å². The fourth-order valence-electron chi connectivity index (χ4n) is 3.41. The number of amides is 1. The molecule has 0 spiro atoms. The van der Waals surface area contributed by atoms with Gasteiger partial charge in [0.2, 0.25) is 0 Å². The second-order valence-electron chi connectivity index (χ2n) is 6.95. The number of carbonyl (C=O) groups excluding carboxylic acids is 1. The number of hydrogen-bond acceptors (Lipinski definition) is 2. The zero-order valence-electron chi connectivity index (χ0n) is 14.7. The van der Waals surface area contributed by atoms with Crippen molar-refractivity contribution in [2.75, 3.05) is 0 Å². The van der Waals surface area contributed by atoms with Crippen LogP contribution in [0.15, 0.2) is 36.5 Å². The first-order chi connectivity index (χ1) is 12.8. The first-order valence-electron chi connectivity index (χ1n) is 8.75. The minimum absolute atomic E-state index is 0.000246. The van der Waals surface area contributed by atoms with Crippen molar-refractivity contribution in [2.45, 2.75) is 38.4 Å². The van der Waals surface area contributed by atoms with Gasteiger partial charge in [-0.15, -0.1) is 0 Å². The van der Waals surface area contributed by atoms with E-state index in [2.05, 4.69) is 15.5 Å². The second-order valence-corrected chi connectivity index (χ2v) is 6.95. The molecule has 0 aliphatic heterocycles. The topological polar surface area (TPSA) is 57.8 Å². The summed E-state index contributed by atoms with van der Waals surface area (Å²) in [6, 6.07) is 7.65. The summed E-state index contributed by atoms with van der Waals surface area (Å²) >= 11 is 0. The summed E-state index contributed by atoms with van der Waals surface area (Å²) in [5.41, 5.74) is 2.33. The lowest BCUT2D eigenvalue weighted by Crippen LogP contribution is -2.24. The number of H-pyrrole nitrogens is 1. The van der Waals surface area contributed by atoms with Gasteiger partial charge in [-0.05, 0) is 60.6 Å². The number of aryl methyl sites for hydroxylation is 1. The van der Waals surface area contributed by atoms with Gasteiger partial charge in [-0.1, -0.05) is 12.1 Å². The van der Waals surface area contributed by atoms with E-state index in [4.69, 9.17) is 0 Å². The first kappa shape index (κ1) is 17.6. The van der Waals surface area contributed by atoms with Gasteiger partial charge >= 0.3 is 6.18 Å². The minimum atomic E-state index is -4.48. The maximum atomic E-state index is 13.1. The SMILES string of the molecule is Cc1ccc(C(=O)NCc2c(C3CC3)ccc3[nH]ncc23)cc1C(F)(F)F. The highest BCUT2D eigenvalue weighted by Crippen LogP contribution is 2.43. The molecule has 27 heavy (non-hydrogen) atoms. The van der Waals surface area contributed by atoms with Gasteiger partial charge in [0.25, 0.3) is 5.91 Å². The Morgan fingerprint density at radius 1 is 1.26 bits per heavy atom. The maximum absolute atomic E-state index is 13.1. The van der Waals surface area contributed by atoms with E-state index in [-0.39, 0.29) is 17.7 Å². The predicted molar refractivity (Wildman–Crippen MR) is 95.4 cm³/mol. The number of aromatic amines is 1. The van der Waals surface area contributed by atoms with E-state index in [1.54, 1.807) is 6.20 Å². The number of alkyl halides is 3. The molecule has 1 aliphatic rings. The van der Waals surface area contributed by atoms with Crippen LogP contribution in [0.3, 0.4) is 0 Å². The van der Waals surface area contributed by atoms with Crippen LogP contribution < -0.4 is 5.32 Å². The number of halogens is 3. The van der Waals surface area contributed by atoms with Crippen LogP contribution in [0.4, 0.5) is 13.2 Å². The molecular formula is C20H18F3N3O. The van der Waals surface area contributed by atoms with Gasteiger partial charge in [-0.25, -0.2) is 0 Å². The molecule has 0 bridgehead atoms. The Morgan fingerprint density at radius 3 is 2.74 bits per heavy atom. The molecule has 1 amide bonds. The van der Waals surface area contributed by atoms with E-state index in [1.165, 1.54) is 24.6 Å². The highest BCUT2D eigenvalue weighted by atomic mass is 19.4. The Balaban J connectivity index is 1.59. The Kier molecular flexibility index (Phi) is 4.17. The third-order valence-corrected chi connectivity index (χ3v) is 5.02. The summed E-state index contributed by atoms with van der Waals surface area (Å²) in [6.45, 7) is 1.63. The van der Waals surface area contributed by atoms with Crippen molar-refractivity contribution in [3.8, 4) is 0 Å². The molecule has 140 valence electrons. The third kappa shape index (κ3) is 3.41. The zero-order valence-corrected chi connectivity index (χ0v) is 14.7. The average Bonchev–Trinajstić information content (AvgIpc) is 3.35. The van der Waals surface area contributed by atoms with Crippen molar-refractivity contribution in [2.24, 2.45) is 0 Å². The number of hydrogen-bond donors (Lipinski definition) is 2. The number of nitrogens with one attached hydrogen (secondary N) is 2. The molecule has 1 aromatic heterocycles. The summed E-state index contributed by atoms with van der Waals surface area (Å²) in [4.78, 5) is 12.5. The molecule has 3 aromatic rings. The van der Waals surface area contributed by atoms with Crippen LogP contribution >= 0.6 is 0 Å². The number of fused-ring (bicyclic) bond motifs is 1. The van der Waals surface area contributed by atoms with Gasteiger partial charge in [-0.2, -0.15) is 18.3 Å². The van der Waals surface area contributed by atoms with Crippen molar-refractivity contribution < 1.29 is 18.0 Å². The number of aromatic nitrogens is 2. The van der Waals surface area contributed by atoms with E-state index in [0.717, 1.165) is 35.4 Å². The summed E-state index contributed by atoms with van der Waals surface area (Å²) in [6.07, 6.45) is -0.549. The Labute approximate surface area is 153 Å². The van der Waals surface area contributed by atoms with Gasteiger partial charge in [0.15, 0.2) is 0 Å². The Morgan fingerprint density at radius 2 is 2.04 bits per heavy atom. The van der Waals surface area contributed by atoms with E-state index in [9.17, 15) is 18.0 Å². The monoisotopic (exact) mass is 373 g/mol. The molecule has 1 saturated carbocycles. The van der Waals surface area contributed by atoms with Crippen molar-refractivity contribution >= 4 is 16.8 Å². The molecule has 1 fully saturated rings. The molecular weight excluding hydrogens is 355 g/mol. The highest BCUT2D eigenvalue weighted by Gasteiger charge is 2.33. The van der Waals surface area contributed by atoms with Crippen molar-refractivity contribution in [1.82, 2.24) is 15.5 Å². The molecule has 1 aliphatic carbocycles. The fourth-order valence-corrected chi connectivity index (χ4v) is 3.41. The van der Waals surface area contributed by atoms with Crippen LogP contribution in [-0.4, -0.2) is 16.1 Å².